The molecule has 0 aromatic heterocycles. The highest BCUT2D eigenvalue weighted by Crippen LogP contribution is 2.24. The lowest BCUT2D eigenvalue weighted by atomic mass is 10.0. The Hall–Kier alpha value is -0.580. The first kappa shape index (κ1) is 10.5. The van der Waals surface area contributed by atoms with Crippen molar-refractivity contribution in [2.24, 2.45) is 0 Å². The molecule has 0 heterocycles. The van der Waals surface area contributed by atoms with E-state index in [4.69, 9.17) is 5.11 Å². The molecule has 0 atom stereocenters. The van der Waals surface area contributed by atoms with E-state index in [1.807, 2.05) is 6.07 Å². The molecular formula is C10H11IO2. The summed E-state index contributed by atoms with van der Waals surface area (Å²) in [5.74, 6) is -0.488. The van der Waals surface area contributed by atoms with Gasteiger partial charge in [0.1, 0.15) is 0 Å². The van der Waals surface area contributed by atoms with Gasteiger partial charge in [0.15, 0.2) is 0 Å². The molecule has 3 heteroatoms. The number of rotatable bonds is 2. The van der Waals surface area contributed by atoms with E-state index in [0.717, 1.165) is 9.13 Å². The molecule has 0 radical (unpaired) electrons. The predicted molar refractivity (Wildman–Crippen MR) is 60.2 cm³/mol. The summed E-state index contributed by atoms with van der Waals surface area (Å²) in [5, 5.41) is 8.87. The van der Waals surface area contributed by atoms with E-state index in [1.165, 1.54) is 0 Å². The van der Waals surface area contributed by atoms with Crippen molar-refractivity contribution in [1.82, 2.24) is 0 Å². The van der Waals surface area contributed by atoms with Gasteiger partial charge in [-0.05, 0) is 40.1 Å². The quantitative estimate of drug-likeness (QED) is 0.850. The lowest BCUT2D eigenvalue weighted by Crippen LogP contribution is -2.03. The maximum absolute atomic E-state index is 10.8. The van der Waals surface area contributed by atoms with Crippen LogP contribution in [0.3, 0.4) is 0 Å². The fourth-order valence-corrected chi connectivity index (χ4v) is 2.37. The van der Waals surface area contributed by atoms with E-state index in [0.29, 0.717) is 11.5 Å². The van der Waals surface area contributed by atoms with E-state index < -0.39 is 5.97 Å². The first-order valence-electron chi connectivity index (χ1n) is 4.05. The Bertz CT molecular complexity index is 332. The van der Waals surface area contributed by atoms with Crippen LogP contribution in [0.4, 0.5) is 0 Å². The van der Waals surface area contributed by atoms with Crippen molar-refractivity contribution in [2.45, 2.75) is 19.8 Å². The summed E-state index contributed by atoms with van der Waals surface area (Å²) >= 11 is 2.09. The molecule has 70 valence electrons. The van der Waals surface area contributed by atoms with Crippen LogP contribution in [0.2, 0.25) is 0 Å². The Morgan fingerprint density at radius 3 is 2.54 bits per heavy atom. The van der Waals surface area contributed by atoms with Gasteiger partial charge in [0, 0.05) is 3.57 Å². The lowest BCUT2D eigenvalue weighted by molar-refractivity contribution is 0.0695. The molecule has 0 amide bonds. The van der Waals surface area contributed by atoms with Crippen molar-refractivity contribution < 1.29 is 9.90 Å². The van der Waals surface area contributed by atoms with Gasteiger partial charge in [-0.3, -0.25) is 0 Å². The van der Waals surface area contributed by atoms with E-state index in [2.05, 4.69) is 36.4 Å². The fourth-order valence-electron chi connectivity index (χ4n) is 1.16. The van der Waals surface area contributed by atoms with Crippen molar-refractivity contribution in [3.8, 4) is 0 Å². The van der Waals surface area contributed by atoms with Gasteiger partial charge in [-0.25, -0.2) is 4.79 Å². The number of hydrogen-bond acceptors (Lipinski definition) is 1. The second-order valence-corrected chi connectivity index (χ2v) is 4.25. The van der Waals surface area contributed by atoms with Crippen LogP contribution in [0.1, 0.15) is 35.7 Å². The summed E-state index contributed by atoms with van der Waals surface area (Å²) in [5.41, 5.74) is 1.49. The van der Waals surface area contributed by atoms with Gasteiger partial charge in [-0.1, -0.05) is 26.0 Å². The number of aromatic carboxylic acids is 1. The van der Waals surface area contributed by atoms with Gasteiger partial charge in [0.05, 0.1) is 5.56 Å². The topological polar surface area (TPSA) is 37.3 Å². The number of carboxylic acid groups (broad SMARTS) is 1. The number of hydrogen-bond donors (Lipinski definition) is 1. The number of carboxylic acids is 1. The van der Waals surface area contributed by atoms with Crippen LogP contribution in [-0.2, 0) is 0 Å². The minimum absolute atomic E-state index is 0.367. The smallest absolute Gasteiger partial charge is 0.336 e. The van der Waals surface area contributed by atoms with E-state index in [9.17, 15) is 4.79 Å². The minimum atomic E-state index is -0.855. The summed E-state index contributed by atoms with van der Waals surface area (Å²) in [7, 11) is 0. The second-order valence-electron chi connectivity index (χ2n) is 3.17. The summed E-state index contributed by atoms with van der Waals surface area (Å²) in [6, 6.07) is 5.40. The molecule has 0 aliphatic carbocycles. The van der Waals surface area contributed by atoms with Crippen LogP contribution in [0.15, 0.2) is 18.2 Å². The average molecular weight is 290 g/mol. The van der Waals surface area contributed by atoms with Crippen LogP contribution in [-0.4, -0.2) is 11.1 Å². The third-order valence-corrected chi connectivity index (χ3v) is 3.08. The zero-order valence-electron chi connectivity index (χ0n) is 7.54. The molecule has 0 saturated carbocycles. The first-order valence-corrected chi connectivity index (χ1v) is 5.13. The molecule has 0 bridgehead atoms. The minimum Gasteiger partial charge on any atom is -0.478 e. The Balaban J connectivity index is 3.26. The monoisotopic (exact) mass is 290 g/mol. The first-order chi connectivity index (χ1) is 6.04. The van der Waals surface area contributed by atoms with Gasteiger partial charge < -0.3 is 5.11 Å². The molecule has 0 fully saturated rings. The fraction of sp³-hybridized carbons (Fsp3) is 0.300. The molecular weight excluding hydrogens is 279 g/mol. The van der Waals surface area contributed by atoms with Crippen molar-refractivity contribution in [2.75, 3.05) is 0 Å². The summed E-state index contributed by atoms with van der Waals surface area (Å²) in [4.78, 5) is 10.8. The molecule has 0 aliphatic heterocycles. The SMILES string of the molecule is CC(C)c1cccc(C(=O)O)c1I. The number of halogens is 1. The molecule has 0 spiro atoms. The number of carbonyl (C=O) groups is 1. The van der Waals surface area contributed by atoms with Crippen molar-refractivity contribution in [1.29, 1.82) is 0 Å². The number of benzene rings is 1. The second kappa shape index (κ2) is 4.09. The Morgan fingerprint density at radius 2 is 2.08 bits per heavy atom. The van der Waals surface area contributed by atoms with Gasteiger partial charge in [-0.2, -0.15) is 0 Å². The van der Waals surface area contributed by atoms with Crippen LogP contribution in [0.25, 0.3) is 0 Å². The van der Waals surface area contributed by atoms with Crippen LogP contribution < -0.4 is 0 Å². The molecule has 0 aliphatic rings. The van der Waals surface area contributed by atoms with E-state index in [1.54, 1.807) is 12.1 Å². The highest BCUT2D eigenvalue weighted by atomic mass is 127. The Kier molecular flexibility index (Phi) is 3.30. The highest BCUT2D eigenvalue weighted by Gasteiger charge is 2.12. The Morgan fingerprint density at radius 1 is 1.46 bits per heavy atom. The van der Waals surface area contributed by atoms with Crippen molar-refractivity contribution >= 4 is 28.6 Å². The zero-order chi connectivity index (χ0) is 10.0. The van der Waals surface area contributed by atoms with E-state index >= 15 is 0 Å². The van der Waals surface area contributed by atoms with Gasteiger partial charge >= 0.3 is 5.97 Å². The molecule has 2 nitrogen and oxygen atoms in total. The maximum Gasteiger partial charge on any atom is 0.336 e. The summed E-state index contributed by atoms with van der Waals surface area (Å²) in [6.45, 7) is 4.12. The summed E-state index contributed by atoms with van der Waals surface area (Å²) < 4.78 is 0.850. The Labute approximate surface area is 91.1 Å². The van der Waals surface area contributed by atoms with Gasteiger partial charge in [-0.15, -0.1) is 0 Å². The summed E-state index contributed by atoms with van der Waals surface area (Å²) in [6.07, 6.45) is 0. The third-order valence-electron chi connectivity index (χ3n) is 1.88. The lowest BCUT2D eigenvalue weighted by Gasteiger charge is -2.09. The third kappa shape index (κ3) is 2.21. The van der Waals surface area contributed by atoms with E-state index in [-0.39, 0.29) is 0 Å². The largest absolute Gasteiger partial charge is 0.478 e. The predicted octanol–water partition coefficient (Wildman–Crippen LogP) is 3.11. The van der Waals surface area contributed by atoms with Crippen LogP contribution >= 0.6 is 22.6 Å². The standard InChI is InChI=1S/C10H11IO2/c1-6(2)7-4-3-5-8(9(7)11)10(12)13/h3-6H,1-2H3,(H,12,13). The average Bonchev–Trinajstić information content (AvgIpc) is 2.03. The zero-order valence-corrected chi connectivity index (χ0v) is 9.70. The molecule has 0 saturated heterocycles. The van der Waals surface area contributed by atoms with Crippen LogP contribution in [0.5, 0.6) is 0 Å². The van der Waals surface area contributed by atoms with Crippen LogP contribution in [0, 0.1) is 3.57 Å². The van der Waals surface area contributed by atoms with Gasteiger partial charge in [0.25, 0.3) is 0 Å². The maximum atomic E-state index is 10.8. The highest BCUT2D eigenvalue weighted by molar-refractivity contribution is 14.1. The molecule has 1 rings (SSSR count). The molecule has 13 heavy (non-hydrogen) atoms. The normalized spacial score (nSPS) is 10.5. The molecule has 1 N–H and O–H groups in total. The molecule has 1 aromatic carbocycles. The molecule has 1 aromatic rings. The van der Waals surface area contributed by atoms with Crippen molar-refractivity contribution in [3.05, 3.63) is 32.9 Å². The molecule has 0 unspecified atom stereocenters. The van der Waals surface area contributed by atoms with Crippen molar-refractivity contribution in [3.63, 3.8) is 0 Å². The van der Waals surface area contributed by atoms with Gasteiger partial charge in [0.2, 0.25) is 0 Å².